The normalized spacial score (nSPS) is 12.0. The fraction of sp³-hybridized carbons (Fsp3) is 0.194. The molecule has 4 aromatic heterocycles. The Kier molecular flexibility index (Phi) is 6.20. The largest absolute Gasteiger partial charge is 0.290 e. The molecule has 0 saturated heterocycles. The summed E-state index contributed by atoms with van der Waals surface area (Å²) in [7, 11) is 0. The lowest BCUT2D eigenvalue weighted by molar-refractivity contribution is 0.811. The molecule has 0 aliphatic rings. The lowest BCUT2D eigenvalue weighted by Gasteiger charge is -2.24. The Labute approximate surface area is 244 Å². The third-order valence-electron chi connectivity index (χ3n) is 7.93. The maximum atomic E-state index is 5.24. The molecule has 0 saturated carbocycles. The van der Waals surface area contributed by atoms with Crippen molar-refractivity contribution in [3.05, 3.63) is 108 Å². The lowest BCUT2D eigenvalue weighted by Crippen LogP contribution is -2.09. The van der Waals surface area contributed by atoms with Crippen molar-refractivity contribution in [1.82, 2.24) is 19.5 Å². The van der Waals surface area contributed by atoms with E-state index in [2.05, 4.69) is 110 Å². The van der Waals surface area contributed by atoms with Crippen molar-refractivity contribution in [3.8, 4) is 28.2 Å². The smallest absolute Gasteiger partial charge is 0.145 e. The summed E-state index contributed by atoms with van der Waals surface area (Å²) in [5.41, 5.74) is 10.4. The van der Waals surface area contributed by atoms with Crippen LogP contribution in [-0.2, 0) is 0 Å². The topological polar surface area (TPSA) is 43.6 Å². The van der Waals surface area contributed by atoms with Gasteiger partial charge in [0.25, 0.3) is 0 Å². The van der Waals surface area contributed by atoms with Gasteiger partial charge in [-0.1, -0.05) is 58.0 Å². The number of nitrogens with zero attached hydrogens (tertiary/aromatic N) is 4. The van der Waals surface area contributed by atoms with E-state index >= 15 is 0 Å². The molecule has 4 nitrogen and oxygen atoms in total. The minimum absolute atomic E-state index is 0.311. The van der Waals surface area contributed by atoms with Gasteiger partial charge in [-0.25, -0.2) is 9.97 Å². The molecule has 0 atom stereocenters. The highest BCUT2D eigenvalue weighted by Gasteiger charge is 2.24. The van der Waals surface area contributed by atoms with Gasteiger partial charge in [0.05, 0.1) is 22.9 Å². The highest BCUT2D eigenvalue weighted by molar-refractivity contribution is 7.25. The number of imidazole rings is 1. The Bertz CT molecular complexity index is 2040. The first-order valence-corrected chi connectivity index (χ1v) is 15.1. The van der Waals surface area contributed by atoms with E-state index in [0.717, 1.165) is 32.9 Å². The molecule has 0 N–H and O–H groups in total. The quantitative estimate of drug-likeness (QED) is 0.213. The fourth-order valence-corrected chi connectivity index (χ4v) is 6.95. The maximum absolute atomic E-state index is 5.24. The maximum Gasteiger partial charge on any atom is 0.145 e. The number of pyridine rings is 2. The first-order chi connectivity index (χ1) is 19.9. The number of hydrogen-bond acceptors (Lipinski definition) is 4. The lowest BCUT2D eigenvalue weighted by atomic mass is 9.88. The number of thiophene rings is 1. The van der Waals surface area contributed by atoms with E-state index in [4.69, 9.17) is 9.97 Å². The van der Waals surface area contributed by atoms with Crippen LogP contribution in [0.15, 0.2) is 91.3 Å². The third kappa shape index (κ3) is 4.32. The van der Waals surface area contributed by atoms with E-state index < -0.39 is 0 Å². The molecule has 202 valence electrons. The summed E-state index contributed by atoms with van der Waals surface area (Å²) in [6.45, 7) is 11.2. The van der Waals surface area contributed by atoms with Gasteiger partial charge in [-0.05, 0) is 89.5 Å². The predicted octanol–water partition coefficient (Wildman–Crippen LogP) is 10.1. The van der Waals surface area contributed by atoms with Gasteiger partial charge in [0.1, 0.15) is 10.7 Å². The van der Waals surface area contributed by atoms with E-state index in [1.54, 1.807) is 11.3 Å². The van der Waals surface area contributed by atoms with Gasteiger partial charge < -0.3 is 0 Å². The Morgan fingerprint density at radius 1 is 0.707 bits per heavy atom. The van der Waals surface area contributed by atoms with Crippen LogP contribution in [0.4, 0.5) is 0 Å². The zero-order chi connectivity index (χ0) is 28.2. The monoisotopic (exact) mass is 552 g/mol. The van der Waals surface area contributed by atoms with E-state index in [1.807, 2.05) is 25.4 Å². The van der Waals surface area contributed by atoms with E-state index in [9.17, 15) is 0 Å². The van der Waals surface area contributed by atoms with Crippen molar-refractivity contribution in [2.75, 3.05) is 0 Å². The SMILES string of the molecule is Cc1ccc2c(n1)sc1ccc(-c3nc4ccncc4n3-c3c(C(C)C)cc(-c4ccccc4)cc3C(C)C)cc12. The molecule has 0 amide bonds. The van der Waals surface area contributed by atoms with Crippen LogP contribution in [0.2, 0.25) is 0 Å². The van der Waals surface area contributed by atoms with E-state index in [0.29, 0.717) is 11.8 Å². The van der Waals surface area contributed by atoms with Crippen molar-refractivity contribution < 1.29 is 0 Å². The van der Waals surface area contributed by atoms with Crippen molar-refractivity contribution in [1.29, 1.82) is 0 Å². The molecule has 7 aromatic rings. The van der Waals surface area contributed by atoms with Crippen LogP contribution in [0.25, 0.3) is 59.5 Å². The molecule has 0 spiro atoms. The first kappa shape index (κ1) is 25.6. The second-order valence-electron chi connectivity index (χ2n) is 11.4. The second kappa shape index (κ2) is 9.93. The highest BCUT2D eigenvalue weighted by Crippen LogP contribution is 2.41. The van der Waals surface area contributed by atoms with Gasteiger partial charge in [-0.2, -0.15) is 0 Å². The number of rotatable bonds is 5. The standard InChI is InChI=1S/C36H32N4S/c1-21(2)28-18-26(24-9-7-6-8-10-24)19-29(22(3)4)34(28)40-32-20-37-16-15-31(32)39-35(40)25-12-14-33-30(17-25)27-13-11-23(5)38-36(27)41-33/h6-22H,1-5H3. The summed E-state index contributed by atoms with van der Waals surface area (Å²) in [5, 5.41) is 2.42. The molecule has 5 heteroatoms. The van der Waals surface area contributed by atoms with Crippen LogP contribution in [0.3, 0.4) is 0 Å². The molecule has 0 radical (unpaired) electrons. The first-order valence-electron chi connectivity index (χ1n) is 14.3. The molecule has 0 aliphatic carbocycles. The third-order valence-corrected chi connectivity index (χ3v) is 9.01. The van der Waals surface area contributed by atoms with Crippen molar-refractivity contribution in [3.63, 3.8) is 0 Å². The average Bonchev–Trinajstić information content (AvgIpc) is 3.54. The number of aryl methyl sites for hydroxylation is 1. The second-order valence-corrected chi connectivity index (χ2v) is 12.5. The summed E-state index contributed by atoms with van der Waals surface area (Å²) in [6.07, 6.45) is 3.79. The Balaban J connectivity index is 1.54. The van der Waals surface area contributed by atoms with E-state index in [1.165, 1.54) is 43.4 Å². The summed E-state index contributed by atoms with van der Waals surface area (Å²) < 4.78 is 3.60. The Hall–Kier alpha value is -4.35. The summed E-state index contributed by atoms with van der Waals surface area (Å²) in [6, 6.07) is 28.5. The highest BCUT2D eigenvalue weighted by atomic mass is 32.1. The molecular formula is C36H32N4S. The van der Waals surface area contributed by atoms with Crippen molar-refractivity contribution in [2.24, 2.45) is 0 Å². The minimum Gasteiger partial charge on any atom is -0.290 e. The van der Waals surface area contributed by atoms with Gasteiger partial charge in [0.2, 0.25) is 0 Å². The van der Waals surface area contributed by atoms with Crippen molar-refractivity contribution in [2.45, 2.75) is 46.5 Å². The molecule has 4 heterocycles. The summed E-state index contributed by atoms with van der Waals surface area (Å²) in [5.74, 6) is 1.56. The van der Waals surface area contributed by atoms with Crippen molar-refractivity contribution >= 4 is 42.7 Å². The van der Waals surface area contributed by atoms with E-state index in [-0.39, 0.29) is 0 Å². The van der Waals surface area contributed by atoms with Gasteiger partial charge >= 0.3 is 0 Å². The van der Waals surface area contributed by atoms with Gasteiger partial charge in [0, 0.05) is 32.9 Å². The predicted molar refractivity (Wildman–Crippen MR) is 173 cm³/mol. The van der Waals surface area contributed by atoms with Crippen LogP contribution in [0.5, 0.6) is 0 Å². The molecule has 0 aliphatic heterocycles. The summed E-state index contributed by atoms with van der Waals surface area (Å²) in [4.78, 5) is 15.7. The molecule has 0 bridgehead atoms. The van der Waals surface area contributed by atoms with Crippen LogP contribution in [0.1, 0.15) is 56.4 Å². The minimum atomic E-state index is 0.311. The molecular weight excluding hydrogens is 520 g/mol. The number of fused-ring (bicyclic) bond motifs is 4. The summed E-state index contributed by atoms with van der Waals surface area (Å²) >= 11 is 1.75. The molecule has 41 heavy (non-hydrogen) atoms. The average molecular weight is 553 g/mol. The molecule has 0 fully saturated rings. The van der Waals surface area contributed by atoms with Gasteiger partial charge in [-0.15, -0.1) is 11.3 Å². The fourth-order valence-electron chi connectivity index (χ4n) is 5.85. The van der Waals surface area contributed by atoms with Crippen LogP contribution < -0.4 is 0 Å². The zero-order valence-electron chi connectivity index (χ0n) is 24.0. The van der Waals surface area contributed by atoms with Crippen LogP contribution >= 0.6 is 11.3 Å². The van der Waals surface area contributed by atoms with Crippen LogP contribution in [-0.4, -0.2) is 19.5 Å². The Morgan fingerprint density at radius 3 is 2.20 bits per heavy atom. The number of aromatic nitrogens is 4. The zero-order valence-corrected chi connectivity index (χ0v) is 24.8. The Morgan fingerprint density at radius 2 is 1.46 bits per heavy atom. The molecule has 3 aromatic carbocycles. The molecule has 0 unspecified atom stereocenters. The number of benzene rings is 3. The molecule has 7 rings (SSSR count). The number of hydrogen-bond donors (Lipinski definition) is 0. The van der Waals surface area contributed by atoms with Crippen LogP contribution in [0, 0.1) is 6.92 Å². The van der Waals surface area contributed by atoms with Gasteiger partial charge in [0.15, 0.2) is 0 Å². The van der Waals surface area contributed by atoms with Gasteiger partial charge in [-0.3, -0.25) is 9.55 Å².